The standard InChI is InChI=1S/C16H19BrN2/c1-2-3-9-15(13-7-5-4-6-8-13)19-14-10-11-16(17)18-12-14/h4-8,10-12,15,19H,2-3,9H2,1H3. The molecule has 0 aliphatic rings. The molecule has 0 radical (unpaired) electrons. The van der Waals surface area contributed by atoms with Crippen LogP contribution < -0.4 is 5.32 Å². The number of unbranched alkanes of at least 4 members (excludes halogenated alkanes) is 1. The molecule has 0 aliphatic carbocycles. The van der Waals surface area contributed by atoms with Crippen molar-refractivity contribution in [3.63, 3.8) is 0 Å². The fourth-order valence-electron chi connectivity index (χ4n) is 2.08. The first kappa shape index (κ1) is 14.1. The first-order valence-corrected chi connectivity index (χ1v) is 7.52. The zero-order chi connectivity index (χ0) is 13.5. The van der Waals surface area contributed by atoms with Gasteiger partial charge in [0.15, 0.2) is 0 Å². The van der Waals surface area contributed by atoms with Crippen LogP contribution in [0.3, 0.4) is 0 Å². The lowest BCUT2D eigenvalue weighted by atomic mass is 10.0. The highest BCUT2D eigenvalue weighted by molar-refractivity contribution is 9.10. The lowest BCUT2D eigenvalue weighted by Crippen LogP contribution is -2.10. The maximum atomic E-state index is 4.26. The molecule has 0 bridgehead atoms. The Labute approximate surface area is 123 Å². The van der Waals surface area contributed by atoms with Gasteiger partial charge in [-0.3, -0.25) is 0 Å². The molecule has 0 aliphatic heterocycles. The van der Waals surface area contributed by atoms with E-state index in [1.54, 1.807) is 0 Å². The van der Waals surface area contributed by atoms with E-state index < -0.39 is 0 Å². The second-order valence-corrected chi connectivity index (χ2v) is 5.43. The lowest BCUT2D eigenvalue weighted by Gasteiger charge is -2.20. The first-order chi connectivity index (χ1) is 9.29. The Bertz CT molecular complexity index is 482. The highest BCUT2D eigenvalue weighted by Gasteiger charge is 2.10. The van der Waals surface area contributed by atoms with Gasteiger partial charge in [0.2, 0.25) is 0 Å². The Morgan fingerprint density at radius 3 is 2.58 bits per heavy atom. The van der Waals surface area contributed by atoms with Crippen molar-refractivity contribution < 1.29 is 0 Å². The van der Waals surface area contributed by atoms with Crippen molar-refractivity contribution in [1.29, 1.82) is 0 Å². The number of nitrogens with zero attached hydrogens (tertiary/aromatic N) is 1. The predicted molar refractivity (Wildman–Crippen MR) is 84.3 cm³/mol. The van der Waals surface area contributed by atoms with Crippen molar-refractivity contribution in [3.05, 3.63) is 58.8 Å². The van der Waals surface area contributed by atoms with E-state index in [4.69, 9.17) is 0 Å². The van der Waals surface area contributed by atoms with Crippen LogP contribution in [0.15, 0.2) is 53.3 Å². The molecule has 1 aromatic carbocycles. The molecule has 1 N–H and O–H groups in total. The van der Waals surface area contributed by atoms with Gasteiger partial charge in [-0.2, -0.15) is 0 Å². The molecule has 1 aromatic heterocycles. The minimum absolute atomic E-state index is 0.351. The third kappa shape index (κ3) is 4.35. The van der Waals surface area contributed by atoms with Crippen LogP contribution in [0.2, 0.25) is 0 Å². The summed E-state index contributed by atoms with van der Waals surface area (Å²) in [5.41, 5.74) is 2.40. The zero-order valence-electron chi connectivity index (χ0n) is 11.1. The van der Waals surface area contributed by atoms with E-state index in [1.165, 1.54) is 18.4 Å². The van der Waals surface area contributed by atoms with Gasteiger partial charge in [0.1, 0.15) is 4.60 Å². The van der Waals surface area contributed by atoms with E-state index in [0.717, 1.165) is 16.7 Å². The minimum Gasteiger partial charge on any atom is -0.377 e. The monoisotopic (exact) mass is 318 g/mol. The van der Waals surface area contributed by atoms with Crippen molar-refractivity contribution in [2.75, 3.05) is 5.32 Å². The third-order valence-electron chi connectivity index (χ3n) is 3.12. The van der Waals surface area contributed by atoms with Gasteiger partial charge in [-0.1, -0.05) is 50.1 Å². The summed E-state index contributed by atoms with van der Waals surface area (Å²) in [5.74, 6) is 0. The molecule has 1 unspecified atom stereocenters. The third-order valence-corrected chi connectivity index (χ3v) is 3.59. The Morgan fingerprint density at radius 1 is 1.16 bits per heavy atom. The van der Waals surface area contributed by atoms with E-state index in [2.05, 4.69) is 69.6 Å². The summed E-state index contributed by atoms with van der Waals surface area (Å²) in [6.07, 6.45) is 5.43. The second-order valence-electron chi connectivity index (χ2n) is 4.62. The predicted octanol–water partition coefficient (Wildman–Crippen LogP) is 5.19. The van der Waals surface area contributed by atoms with Crippen LogP contribution in [0, 0.1) is 0 Å². The normalized spacial score (nSPS) is 12.1. The van der Waals surface area contributed by atoms with Crippen LogP contribution in [0.25, 0.3) is 0 Å². The van der Waals surface area contributed by atoms with Crippen molar-refractivity contribution in [3.8, 4) is 0 Å². The van der Waals surface area contributed by atoms with Crippen LogP contribution in [0.5, 0.6) is 0 Å². The van der Waals surface area contributed by atoms with Gasteiger partial charge in [0.05, 0.1) is 17.9 Å². The maximum absolute atomic E-state index is 4.26. The number of benzene rings is 1. The molecule has 0 fully saturated rings. The van der Waals surface area contributed by atoms with Gasteiger partial charge in [0, 0.05) is 0 Å². The molecule has 0 saturated heterocycles. The van der Waals surface area contributed by atoms with Crippen molar-refractivity contribution in [2.45, 2.75) is 32.2 Å². The summed E-state index contributed by atoms with van der Waals surface area (Å²) in [6.45, 7) is 2.23. The molecule has 2 aromatic rings. The molecule has 3 heteroatoms. The van der Waals surface area contributed by atoms with Crippen molar-refractivity contribution in [1.82, 2.24) is 4.98 Å². The number of pyridine rings is 1. The number of hydrogen-bond acceptors (Lipinski definition) is 2. The van der Waals surface area contributed by atoms with Crippen LogP contribution in [0.1, 0.15) is 37.8 Å². The van der Waals surface area contributed by atoms with Crippen LogP contribution >= 0.6 is 15.9 Å². The molecule has 1 atom stereocenters. The second kappa shape index (κ2) is 7.29. The van der Waals surface area contributed by atoms with Gasteiger partial charge in [-0.05, 0) is 40.0 Å². The average molecular weight is 319 g/mol. The summed E-state index contributed by atoms with van der Waals surface area (Å²) in [4.78, 5) is 4.26. The number of anilines is 1. The van der Waals surface area contributed by atoms with E-state index >= 15 is 0 Å². The number of rotatable bonds is 6. The fourth-order valence-corrected chi connectivity index (χ4v) is 2.31. The molecule has 19 heavy (non-hydrogen) atoms. The molecule has 0 amide bonds. The molecule has 0 saturated carbocycles. The van der Waals surface area contributed by atoms with E-state index in [-0.39, 0.29) is 0 Å². The molecule has 100 valence electrons. The zero-order valence-corrected chi connectivity index (χ0v) is 12.7. The van der Waals surface area contributed by atoms with Gasteiger partial charge in [-0.15, -0.1) is 0 Å². The van der Waals surface area contributed by atoms with Crippen molar-refractivity contribution >= 4 is 21.6 Å². The number of aromatic nitrogens is 1. The average Bonchev–Trinajstić information content (AvgIpc) is 2.46. The Balaban J connectivity index is 2.11. The van der Waals surface area contributed by atoms with Crippen LogP contribution in [0.4, 0.5) is 5.69 Å². The topological polar surface area (TPSA) is 24.9 Å². The molecular weight excluding hydrogens is 300 g/mol. The molecule has 2 rings (SSSR count). The lowest BCUT2D eigenvalue weighted by molar-refractivity contribution is 0.634. The van der Waals surface area contributed by atoms with Gasteiger partial charge in [-0.25, -0.2) is 4.98 Å². The Morgan fingerprint density at radius 2 is 1.95 bits per heavy atom. The molecular formula is C16H19BrN2. The molecule has 2 nitrogen and oxygen atoms in total. The number of halogens is 1. The number of nitrogens with one attached hydrogen (secondary N) is 1. The Kier molecular flexibility index (Phi) is 5.40. The van der Waals surface area contributed by atoms with Crippen molar-refractivity contribution in [2.24, 2.45) is 0 Å². The fraction of sp³-hybridized carbons (Fsp3) is 0.312. The highest BCUT2D eigenvalue weighted by atomic mass is 79.9. The minimum atomic E-state index is 0.351. The molecule has 0 spiro atoms. The summed E-state index contributed by atoms with van der Waals surface area (Å²) >= 11 is 3.36. The van der Waals surface area contributed by atoms with Gasteiger partial charge in [0.25, 0.3) is 0 Å². The van der Waals surface area contributed by atoms with E-state index in [9.17, 15) is 0 Å². The smallest absolute Gasteiger partial charge is 0.106 e. The van der Waals surface area contributed by atoms with E-state index in [1.807, 2.05) is 12.3 Å². The first-order valence-electron chi connectivity index (χ1n) is 6.72. The Hall–Kier alpha value is -1.35. The highest BCUT2D eigenvalue weighted by Crippen LogP contribution is 2.24. The number of hydrogen-bond donors (Lipinski definition) is 1. The largest absolute Gasteiger partial charge is 0.377 e. The van der Waals surface area contributed by atoms with Crippen LogP contribution in [-0.2, 0) is 0 Å². The SMILES string of the molecule is CCCCC(Nc1ccc(Br)nc1)c1ccccc1. The summed E-state index contributed by atoms with van der Waals surface area (Å²) in [5, 5.41) is 3.57. The van der Waals surface area contributed by atoms with E-state index in [0.29, 0.717) is 6.04 Å². The van der Waals surface area contributed by atoms with Gasteiger partial charge < -0.3 is 5.32 Å². The summed E-state index contributed by atoms with van der Waals surface area (Å²) < 4.78 is 0.864. The van der Waals surface area contributed by atoms with Crippen LogP contribution in [-0.4, -0.2) is 4.98 Å². The summed E-state index contributed by atoms with van der Waals surface area (Å²) in [7, 11) is 0. The maximum Gasteiger partial charge on any atom is 0.106 e. The quantitative estimate of drug-likeness (QED) is 0.741. The van der Waals surface area contributed by atoms with Gasteiger partial charge >= 0.3 is 0 Å². The summed E-state index contributed by atoms with van der Waals surface area (Å²) in [6, 6.07) is 15.0. The molecule has 1 heterocycles.